The van der Waals surface area contributed by atoms with Crippen LogP contribution in [0.25, 0.3) is 0 Å². The number of halogens is 5. The fourth-order valence-corrected chi connectivity index (χ4v) is 1.16. The van der Waals surface area contributed by atoms with E-state index < -0.39 is 46.5 Å². The molecule has 0 unspecified atom stereocenters. The van der Waals surface area contributed by atoms with Crippen LogP contribution in [0.2, 0.25) is 0 Å². The number of aromatic nitrogens is 1. The van der Waals surface area contributed by atoms with Crippen LogP contribution in [0.5, 0.6) is 5.75 Å². The smallest absolute Gasteiger partial charge is 0.476 e. The molecule has 0 atom stereocenters. The Kier molecular flexibility index (Phi) is 4.06. The largest absolute Gasteiger partial charge is 0.573 e. The molecule has 110 valence electrons. The molecule has 1 aromatic heterocycles. The third-order valence-electron chi connectivity index (χ3n) is 1.83. The van der Waals surface area contributed by atoms with Crippen LogP contribution in [0.1, 0.15) is 22.6 Å². The standard InChI is InChI=1S/C8H3F5N2O5/c9-6(10)4-2(15(18)19)1-3(20-8(11,12)13)5(14-4)7(16)17/h1,6H,(H,16,17). The fraction of sp³-hybridized carbons (Fsp3) is 0.250. The molecule has 7 nitrogen and oxygen atoms in total. The molecule has 0 bridgehead atoms. The van der Waals surface area contributed by atoms with Crippen molar-refractivity contribution in [1.82, 2.24) is 4.98 Å². The minimum absolute atomic E-state index is 0.0641. The number of hydrogen-bond donors (Lipinski definition) is 1. The molecule has 1 heterocycles. The van der Waals surface area contributed by atoms with Crippen molar-refractivity contribution in [3.8, 4) is 5.75 Å². The summed E-state index contributed by atoms with van der Waals surface area (Å²) in [5, 5.41) is 19.0. The van der Waals surface area contributed by atoms with E-state index >= 15 is 0 Å². The molecule has 0 radical (unpaired) electrons. The number of carbonyl (C=O) groups is 1. The molecule has 0 aliphatic rings. The van der Waals surface area contributed by atoms with Crippen LogP contribution in [-0.4, -0.2) is 27.3 Å². The van der Waals surface area contributed by atoms with E-state index in [1.807, 2.05) is 0 Å². The van der Waals surface area contributed by atoms with Gasteiger partial charge in [0.25, 0.3) is 12.1 Å². The summed E-state index contributed by atoms with van der Waals surface area (Å²) >= 11 is 0. The maximum absolute atomic E-state index is 12.5. The second kappa shape index (κ2) is 5.22. The zero-order chi connectivity index (χ0) is 15.7. The lowest BCUT2D eigenvalue weighted by atomic mass is 10.2. The summed E-state index contributed by atoms with van der Waals surface area (Å²) in [6.45, 7) is 0. The Morgan fingerprint density at radius 3 is 2.35 bits per heavy atom. The molecule has 1 N–H and O–H groups in total. The lowest BCUT2D eigenvalue weighted by Gasteiger charge is -2.11. The molecule has 0 aliphatic carbocycles. The maximum Gasteiger partial charge on any atom is 0.573 e. The number of nitro groups is 1. The molecule has 12 heteroatoms. The lowest BCUT2D eigenvalue weighted by molar-refractivity contribution is -0.386. The Morgan fingerprint density at radius 1 is 1.45 bits per heavy atom. The first-order valence-corrected chi connectivity index (χ1v) is 4.49. The summed E-state index contributed by atoms with van der Waals surface area (Å²) in [6.07, 6.45) is -8.92. The van der Waals surface area contributed by atoms with Gasteiger partial charge in [-0.1, -0.05) is 0 Å². The van der Waals surface area contributed by atoms with E-state index in [-0.39, 0.29) is 6.07 Å². The first-order valence-electron chi connectivity index (χ1n) is 4.49. The molecule has 0 aromatic carbocycles. The van der Waals surface area contributed by atoms with E-state index in [1.54, 1.807) is 0 Å². The van der Waals surface area contributed by atoms with Crippen LogP contribution in [-0.2, 0) is 0 Å². The highest BCUT2D eigenvalue weighted by Gasteiger charge is 2.36. The zero-order valence-corrected chi connectivity index (χ0v) is 9.02. The third-order valence-corrected chi connectivity index (χ3v) is 1.83. The van der Waals surface area contributed by atoms with E-state index in [9.17, 15) is 36.9 Å². The highest BCUT2D eigenvalue weighted by atomic mass is 19.4. The topological polar surface area (TPSA) is 103 Å². The second-order valence-corrected chi connectivity index (χ2v) is 3.15. The van der Waals surface area contributed by atoms with Crippen LogP contribution in [0.4, 0.5) is 27.6 Å². The SMILES string of the molecule is O=C(O)c1nc(C(F)F)c([N+](=O)[O-])cc1OC(F)(F)F. The van der Waals surface area contributed by atoms with Gasteiger partial charge in [-0.05, 0) is 0 Å². The van der Waals surface area contributed by atoms with Crippen molar-refractivity contribution in [2.45, 2.75) is 12.8 Å². The van der Waals surface area contributed by atoms with Crippen molar-refractivity contribution >= 4 is 11.7 Å². The Balaban J connectivity index is 3.53. The number of pyridine rings is 1. The molecular weight excluding hydrogens is 299 g/mol. The monoisotopic (exact) mass is 302 g/mol. The maximum atomic E-state index is 12.5. The lowest BCUT2D eigenvalue weighted by Crippen LogP contribution is -2.20. The average molecular weight is 302 g/mol. The first kappa shape index (κ1) is 15.5. The minimum Gasteiger partial charge on any atom is -0.476 e. The van der Waals surface area contributed by atoms with E-state index in [0.29, 0.717) is 0 Å². The van der Waals surface area contributed by atoms with Gasteiger partial charge < -0.3 is 9.84 Å². The number of carboxylic acids is 1. The van der Waals surface area contributed by atoms with Gasteiger partial charge >= 0.3 is 12.3 Å². The van der Waals surface area contributed by atoms with Crippen LogP contribution in [0.15, 0.2) is 6.07 Å². The predicted molar refractivity (Wildman–Crippen MR) is 49.5 cm³/mol. The van der Waals surface area contributed by atoms with Gasteiger partial charge in [-0.25, -0.2) is 18.6 Å². The summed E-state index contributed by atoms with van der Waals surface area (Å²) in [7, 11) is 0. The summed E-state index contributed by atoms with van der Waals surface area (Å²) in [5.41, 5.74) is -4.56. The van der Waals surface area contributed by atoms with E-state index in [4.69, 9.17) is 5.11 Å². The van der Waals surface area contributed by atoms with Crippen molar-refractivity contribution in [3.63, 3.8) is 0 Å². The molecular formula is C8H3F5N2O5. The van der Waals surface area contributed by atoms with Crippen LogP contribution >= 0.6 is 0 Å². The molecule has 1 rings (SSSR count). The summed E-state index contributed by atoms with van der Waals surface area (Å²) < 4.78 is 64.2. The highest BCUT2D eigenvalue weighted by Crippen LogP contribution is 2.34. The fourth-order valence-electron chi connectivity index (χ4n) is 1.16. The molecule has 0 amide bonds. The van der Waals surface area contributed by atoms with E-state index in [1.165, 1.54) is 0 Å². The molecule has 0 saturated carbocycles. The first-order chi connectivity index (χ1) is 9.03. The van der Waals surface area contributed by atoms with Gasteiger partial charge in [0, 0.05) is 0 Å². The predicted octanol–water partition coefficient (Wildman–Crippen LogP) is 2.52. The van der Waals surface area contributed by atoms with Gasteiger partial charge in [-0.3, -0.25) is 10.1 Å². The number of aromatic carboxylic acids is 1. The van der Waals surface area contributed by atoms with Gasteiger partial charge in [0.1, 0.15) is 0 Å². The highest BCUT2D eigenvalue weighted by molar-refractivity contribution is 5.89. The Morgan fingerprint density at radius 2 is 2.00 bits per heavy atom. The Hall–Kier alpha value is -2.53. The van der Waals surface area contributed by atoms with E-state index in [0.717, 1.165) is 0 Å². The average Bonchev–Trinajstić information content (AvgIpc) is 2.25. The number of nitrogens with zero attached hydrogens (tertiary/aromatic N) is 2. The minimum atomic E-state index is -5.37. The molecule has 0 aliphatic heterocycles. The van der Waals surface area contributed by atoms with Crippen molar-refractivity contribution < 1.29 is 41.5 Å². The zero-order valence-electron chi connectivity index (χ0n) is 9.02. The molecule has 0 spiro atoms. The van der Waals surface area contributed by atoms with Gasteiger partial charge in [0.15, 0.2) is 17.1 Å². The quantitative estimate of drug-likeness (QED) is 0.521. The van der Waals surface area contributed by atoms with Crippen molar-refractivity contribution in [1.29, 1.82) is 0 Å². The van der Waals surface area contributed by atoms with Crippen molar-refractivity contribution in [3.05, 3.63) is 27.6 Å². The second-order valence-electron chi connectivity index (χ2n) is 3.15. The summed E-state index contributed by atoms with van der Waals surface area (Å²) in [6, 6.07) is -0.0641. The van der Waals surface area contributed by atoms with Crippen LogP contribution in [0, 0.1) is 10.1 Å². The van der Waals surface area contributed by atoms with Gasteiger partial charge in [-0.2, -0.15) is 0 Å². The summed E-state index contributed by atoms with van der Waals surface area (Å²) in [4.78, 5) is 22.3. The molecule has 20 heavy (non-hydrogen) atoms. The number of alkyl halides is 5. The number of hydrogen-bond acceptors (Lipinski definition) is 5. The van der Waals surface area contributed by atoms with Crippen LogP contribution in [0.3, 0.4) is 0 Å². The molecule has 1 aromatic rings. The van der Waals surface area contributed by atoms with Crippen molar-refractivity contribution in [2.24, 2.45) is 0 Å². The third kappa shape index (κ3) is 3.49. The molecule has 0 fully saturated rings. The summed E-state index contributed by atoms with van der Waals surface area (Å²) in [5.74, 6) is -3.66. The van der Waals surface area contributed by atoms with Crippen molar-refractivity contribution in [2.75, 3.05) is 0 Å². The van der Waals surface area contributed by atoms with Gasteiger partial charge in [0.2, 0.25) is 0 Å². The normalized spacial score (nSPS) is 11.5. The Bertz CT molecular complexity index is 559. The number of carboxylic acid groups (broad SMARTS) is 1. The number of ether oxygens (including phenoxy) is 1. The Labute approximate surface area is 105 Å². The van der Waals surface area contributed by atoms with Gasteiger partial charge in [0.05, 0.1) is 11.0 Å². The van der Waals surface area contributed by atoms with E-state index in [2.05, 4.69) is 9.72 Å². The van der Waals surface area contributed by atoms with Gasteiger partial charge in [-0.15, -0.1) is 13.2 Å². The van der Waals surface area contributed by atoms with Crippen LogP contribution < -0.4 is 4.74 Å². The number of rotatable bonds is 4. The molecule has 0 saturated heterocycles.